The summed E-state index contributed by atoms with van der Waals surface area (Å²) in [5.41, 5.74) is 1.38. The van der Waals surface area contributed by atoms with E-state index in [2.05, 4.69) is 10.2 Å². The zero-order valence-corrected chi connectivity index (χ0v) is 20.0. The van der Waals surface area contributed by atoms with Crippen LogP contribution in [-0.4, -0.2) is 27.0 Å². The average Bonchev–Trinajstić information content (AvgIpc) is 3.57. The van der Waals surface area contributed by atoms with Crippen LogP contribution in [0.1, 0.15) is 33.5 Å². The Hall–Kier alpha value is -3.76. The highest BCUT2D eigenvalue weighted by molar-refractivity contribution is 8.00. The molecule has 0 saturated heterocycles. The van der Waals surface area contributed by atoms with Crippen LogP contribution in [0.3, 0.4) is 0 Å². The number of halogens is 1. The zero-order chi connectivity index (χ0) is 24.5. The number of thioether (sulfide) groups is 1. The van der Waals surface area contributed by atoms with Crippen LogP contribution in [0.2, 0.25) is 0 Å². The van der Waals surface area contributed by atoms with Crippen LogP contribution < -0.4 is 4.90 Å². The van der Waals surface area contributed by atoms with Crippen molar-refractivity contribution in [3.8, 4) is 0 Å². The van der Waals surface area contributed by atoms with Crippen molar-refractivity contribution in [2.75, 3.05) is 4.90 Å². The SMILES string of the molecule is Cc1ccc(C(=O)C2=C(O)C(=O)N(c3nnc(SCc4ccccc4)s3)C2c2ccc(F)cc2)o1. The second kappa shape index (κ2) is 9.47. The molecule has 10 heteroatoms. The number of amides is 1. The van der Waals surface area contributed by atoms with Gasteiger partial charge in [0, 0.05) is 5.75 Å². The molecular formula is C25H18FN3O4S2. The summed E-state index contributed by atoms with van der Waals surface area (Å²) in [6, 6.07) is 17.3. The fourth-order valence-corrected chi connectivity index (χ4v) is 5.59. The van der Waals surface area contributed by atoms with E-state index < -0.39 is 29.3 Å². The summed E-state index contributed by atoms with van der Waals surface area (Å²) in [5.74, 6) is -1.43. The molecule has 5 rings (SSSR count). The van der Waals surface area contributed by atoms with Crippen LogP contribution in [0.15, 0.2) is 86.8 Å². The number of Topliss-reactive ketones (excluding diaryl/α,β-unsaturated/α-hetero) is 1. The third-order valence-corrected chi connectivity index (χ3v) is 7.54. The van der Waals surface area contributed by atoms with Gasteiger partial charge < -0.3 is 9.52 Å². The first-order valence-electron chi connectivity index (χ1n) is 10.6. The summed E-state index contributed by atoms with van der Waals surface area (Å²) < 4.78 is 19.7. The van der Waals surface area contributed by atoms with Gasteiger partial charge in [-0.1, -0.05) is 65.6 Å². The molecule has 2 aromatic heterocycles. The molecule has 1 aliphatic heterocycles. The smallest absolute Gasteiger partial charge is 0.296 e. The maximum absolute atomic E-state index is 13.7. The number of aliphatic hydroxyl groups is 1. The lowest BCUT2D eigenvalue weighted by Gasteiger charge is -2.23. The Morgan fingerprint density at radius 2 is 1.86 bits per heavy atom. The lowest BCUT2D eigenvalue weighted by atomic mass is 9.95. The average molecular weight is 508 g/mol. The minimum atomic E-state index is -1.03. The quantitative estimate of drug-likeness (QED) is 0.196. The van der Waals surface area contributed by atoms with E-state index in [4.69, 9.17) is 4.42 Å². The molecule has 35 heavy (non-hydrogen) atoms. The number of furan rings is 1. The largest absolute Gasteiger partial charge is 0.503 e. The Kier molecular flexibility index (Phi) is 6.23. The van der Waals surface area contributed by atoms with E-state index in [0.717, 1.165) is 5.56 Å². The number of rotatable bonds is 7. The molecule has 1 N–H and O–H groups in total. The molecule has 1 aliphatic rings. The van der Waals surface area contributed by atoms with Gasteiger partial charge in [-0.05, 0) is 42.3 Å². The standard InChI is InChI=1S/C25H18FN3O4S2/c1-14-7-12-18(33-14)21(30)19-20(16-8-10-17(26)11-9-16)29(23(32)22(19)31)24-27-28-25(35-24)34-13-15-5-3-2-4-6-15/h2-12,20,31H,13H2,1H3. The minimum Gasteiger partial charge on any atom is -0.503 e. The van der Waals surface area contributed by atoms with E-state index in [1.54, 1.807) is 13.0 Å². The number of aliphatic hydroxyl groups excluding tert-OH is 1. The molecule has 0 aliphatic carbocycles. The number of benzene rings is 2. The fourth-order valence-electron chi connectivity index (χ4n) is 3.76. The first-order chi connectivity index (χ1) is 16.9. The maximum atomic E-state index is 13.7. The summed E-state index contributed by atoms with van der Waals surface area (Å²) in [6.45, 7) is 1.68. The van der Waals surface area contributed by atoms with Gasteiger partial charge in [0.05, 0.1) is 11.6 Å². The normalized spacial score (nSPS) is 15.8. The van der Waals surface area contributed by atoms with Crippen LogP contribution in [0.5, 0.6) is 0 Å². The van der Waals surface area contributed by atoms with Crippen molar-refractivity contribution in [2.24, 2.45) is 0 Å². The number of nitrogens with zero attached hydrogens (tertiary/aromatic N) is 3. The topological polar surface area (TPSA) is 96.5 Å². The minimum absolute atomic E-state index is 0.0119. The van der Waals surface area contributed by atoms with E-state index in [-0.39, 0.29) is 16.5 Å². The molecule has 0 bridgehead atoms. The zero-order valence-electron chi connectivity index (χ0n) is 18.3. The molecule has 1 atom stereocenters. The molecule has 176 valence electrons. The van der Waals surface area contributed by atoms with E-state index in [1.165, 1.54) is 58.3 Å². The predicted molar refractivity (Wildman–Crippen MR) is 130 cm³/mol. The molecule has 1 unspecified atom stereocenters. The van der Waals surface area contributed by atoms with Crippen LogP contribution in [0, 0.1) is 12.7 Å². The molecule has 0 fully saturated rings. The van der Waals surface area contributed by atoms with Crippen molar-refractivity contribution in [2.45, 2.75) is 23.1 Å². The van der Waals surface area contributed by atoms with Gasteiger partial charge in [-0.2, -0.15) is 0 Å². The van der Waals surface area contributed by atoms with Crippen molar-refractivity contribution in [1.82, 2.24) is 10.2 Å². The third kappa shape index (κ3) is 4.50. The highest BCUT2D eigenvalue weighted by Gasteiger charge is 2.46. The highest BCUT2D eigenvalue weighted by atomic mass is 32.2. The Bertz CT molecular complexity index is 1430. The van der Waals surface area contributed by atoms with E-state index >= 15 is 0 Å². The van der Waals surface area contributed by atoms with Gasteiger partial charge in [0.2, 0.25) is 10.9 Å². The van der Waals surface area contributed by atoms with Crippen LogP contribution in [-0.2, 0) is 10.5 Å². The van der Waals surface area contributed by atoms with Gasteiger partial charge in [0.15, 0.2) is 15.9 Å². The van der Waals surface area contributed by atoms with E-state index in [0.29, 0.717) is 21.4 Å². The van der Waals surface area contributed by atoms with Gasteiger partial charge in [-0.25, -0.2) is 4.39 Å². The summed E-state index contributed by atoms with van der Waals surface area (Å²) in [4.78, 5) is 27.7. The van der Waals surface area contributed by atoms with Gasteiger partial charge in [-0.15, -0.1) is 10.2 Å². The first-order valence-corrected chi connectivity index (χ1v) is 12.4. The van der Waals surface area contributed by atoms with Crippen LogP contribution in [0.4, 0.5) is 9.52 Å². The maximum Gasteiger partial charge on any atom is 0.296 e. The molecule has 0 spiro atoms. The summed E-state index contributed by atoms with van der Waals surface area (Å²) in [7, 11) is 0. The number of ketones is 1. The number of carbonyl (C=O) groups is 2. The van der Waals surface area contributed by atoms with E-state index in [9.17, 15) is 19.1 Å². The molecule has 3 heterocycles. The monoisotopic (exact) mass is 507 g/mol. The van der Waals surface area contributed by atoms with Crippen molar-refractivity contribution in [3.05, 3.63) is 107 Å². The lowest BCUT2D eigenvalue weighted by Crippen LogP contribution is -2.31. The molecule has 7 nitrogen and oxygen atoms in total. The number of carbonyl (C=O) groups excluding carboxylic acids is 2. The molecule has 2 aromatic carbocycles. The molecule has 4 aromatic rings. The third-order valence-electron chi connectivity index (χ3n) is 5.41. The Morgan fingerprint density at radius 1 is 1.11 bits per heavy atom. The number of aromatic nitrogens is 2. The van der Waals surface area contributed by atoms with Crippen molar-refractivity contribution in [3.63, 3.8) is 0 Å². The Balaban J connectivity index is 1.50. The molecule has 0 radical (unpaired) electrons. The summed E-state index contributed by atoms with van der Waals surface area (Å²) in [6.07, 6.45) is 0. The van der Waals surface area contributed by atoms with Crippen molar-refractivity contribution >= 4 is 39.9 Å². The van der Waals surface area contributed by atoms with Gasteiger partial charge in [0.1, 0.15) is 11.6 Å². The second-order valence-corrected chi connectivity index (χ2v) is 9.93. The molecule has 1 amide bonds. The van der Waals surface area contributed by atoms with Crippen molar-refractivity contribution in [1.29, 1.82) is 0 Å². The Labute approximate surface area is 207 Å². The number of aryl methyl sites for hydroxylation is 1. The van der Waals surface area contributed by atoms with Gasteiger partial charge in [-0.3, -0.25) is 14.5 Å². The summed E-state index contributed by atoms with van der Waals surface area (Å²) >= 11 is 2.63. The second-order valence-electron chi connectivity index (χ2n) is 7.76. The predicted octanol–water partition coefficient (Wildman–Crippen LogP) is 5.65. The molecular weight excluding hydrogens is 489 g/mol. The number of anilines is 1. The molecule has 0 saturated carbocycles. The number of hydrogen-bond donors (Lipinski definition) is 1. The Morgan fingerprint density at radius 3 is 2.54 bits per heavy atom. The van der Waals surface area contributed by atoms with Crippen LogP contribution in [0.25, 0.3) is 0 Å². The lowest BCUT2D eigenvalue weighted by molar-refractivity contribution is -0.117. The van der Waals surface area contributed by atoms with Gasteiger partial charge >= 0.3 is 0 Å². The van der Waals surface area contributed by atoms with E-state index in [1.807, 2.05) is 30.3 Å². The highest BCUT2D eigenvalue weighted by Crippen LogP contribution is 2.44. The van der Waals surface area contributed by atoms with Gasteiger partial charge in [0.25, 0.3) is 5.91 Å². The first kappa shape index (κ1) is 23.0. The van der Waals surface area contributed by atoms with Crippen LogP contribution >= 0.6 is 23.1 Å². The van der Waals surface area contributed by atoms with Crippen molar-refractivity contribution < 1.29 is 23.5 Å². The fraction of sp³-hybridized carbons (Fsp3) is 0.120. The number of hydrogen-bond acceptors (Lipinski definition) is 8. The summed E-state index contributed by atoms with van der Waals surface area (Å²) in [5, 5.41) is 19.3.